The van der Waals surface area contributed by atoms with Crippen molar-refractivity contribution >= 4 is 17.8 Å². The summed E-state index contributed by atoms with van der Waals surface area (Å²) in [7, 11) is 0. The molecule has 1 aromatic heterocycles. The predicted molar refractivity (Wildman–Crippen MR) is 93.3 cm³/mol. The summed E-state index contributed by atoms with van der Waals surface area (Å²) < 4.78 is 19.1. The van der Waals surface area contributed by atoms with Crippen molar-refractivity contribution in [1.29, 1.82) is 0 Å². The molecule has 0 unspecified atom stereocenters. The van der Waals surface area contributed by atoms with Crippen LogP contribution in [-0.4, -0.2) is 39.2 Å². The van der Waals surface area contributed by atoms with Crippen LogP contribution in [0, 0.1) is 5.82 Å². The Kier molecular flexibility index (Phi) is 4.67. The summed E-state index contributed by atoms with van der Waals surface area (Å²) in [5, 5.41) is 9.57. The summed E-state index contributed by atoms with van der Waals surface area (Å²) >= 11 is 0. The van der Waals surface area contributed by atoms with Crippen LogP contribution >= 0.6 is 0 Å². The predicted octanol–water partition coefficient (Wildman–Crippen LogP) is 3.09. The summed E-state index contributed by atoms with van der Waals surface area (Å²) in [6.07, 6.45) is 0.118. The molecule has 0 aliphatic carbocycles. The van der Waals surface area contributed by atoms with Gasteiger partial charge in [-0.3, -0.25) is 9.89 Å². The van der Waals surface area contributed by atoms with Crippen molar-refractivity contribution in [2.45, 2.75) is 39.3 Å². The second kappa shape index (κ2) is 6.78. The third kappa shape index (κ3) is 3.84. The number of halogens is 1. The second-order valence-electron chi connectivity index (χ2n) is 7.12. The van der Waals surface area contributed by atoms with E-state index < -0.39 is 23.4 Å². The number of H-pyrrole nitrogens is 1. The van der Waals surface area contributed by atoms with Crippen LogP contribution in [0.1, 0.15) is 42.4 Å². The van der Waals surface area contributed by atoms with Gasteiger partial charge in [0, 0.05) is 12.1 Å². The van der Waals surface area contributed by atoms with Gasteiger partial charge in [0.1, 0.15) is 11.4 Å². The van der Waals surface area contributed by atoms with Gasteiger partial charge in [-0.2, -0.15) is 5.10 Å². The third-order valence-electron chi connectivity index (χ3n) is 3.94. The molecule has 2 aromatic rings. The van der Waals surface area contributed by atoms with Gasteiger partial charge in [-0.05, 0) is 39.3 Å². The lowest BCUT2D eigenvalue weighted by Gasteiger charge is -2.29. The monoisotopic (exact) mass is 360 g/mol. The number of rotatable bonds is 2. The minimum atomic E-state index is -0.592. The summed E-state index contributed by atoms with van der Waals surface area (Å²) in [5.74, 6) is -0.797. The number of anilines is 1. The van der Waals surface area contributed by atoms with Crippen molar-refractivity contribution in [3.8, 4) is 0 Å². The average molecular weight is 360 g/mol. The fourth-order valence-corrected chi connectivity index (χ4v) is 2.72. The summed E-state index contributed by atoms with van der Waals surface area (Å²) in [4.78, 5) is 26.0. The summed E-state index contributed by atoms with van der Waals surface area (Å²) in [6, 6.07) is 5.76. The van der Waals surface area contributed by atoms with Crippen LogP contribution in [0.2, 0.25) is 0 Å². The Morgan fingerprint density at radius 2 is 2.04 bits per heavy atom. The van der Waals surface area contributed by atoms with Crippen LogP contribution in [0.3, 0.4) is 0 Å². The molecule has 0 fully saturated rings. The lowest BCUT2D eigenvalue weighted by atomic mass is 10.1. The Hall–Kier alpha value is -2.90. The SMILES string of the molecule is CC(C)(C)OC(=O)N1CCc2c(NC(=O)c3ccccc3F)n[nH]c2C1. The molecule has 0 spiro atoms. The number of ether oxygens (including phenoxy) is 1. The Balaban J connectivity index is 1.71. The maximum atomic E-state index is 13.7. The van der Waals surface area contributed by atoms with Gasteiger partial charge in [0.05, 0.1) is 17.8 Å². The maximum absolute atomic E-state index is 13.7. The molecule has 0 bridgehead atoms. The summed E-state index contributed by atoms with van der Waals surface area (Å²) in [6.45, 7) is 6.20. The van der Waals surface area contributed by atoms with E-state index in [4.69, 9.17) is 4.74 Å². The molecule has 2 heterocycles. The van der Waals surface area contributed by atoms with Crippen LogP contribution in [0.4, 0.5) is 15.0 Å². The van der Waals surface area contributed by atoms with Crippen LogP contribution in [-0.2, 0) is 17.7 Å². The number of aromatic nitrogens is 2. The van der Waals surface area contributed by atoms with Gasteiger partial charge in [-0.1, -0.05) is 12.1 Å². The highest BCUT2D eigenvalue weighted by Gasteiger charge is 2.29. The molecule has 0 atom stereocenters. The molecule has 26 heavy (non-hydrogen) atoms. The molecule has 2 amide bonds. The molecule has 0 saturated carbocycles. The van der Waals surface area contributed by atoms with Gasteiger partial charge in [0.15, 0.2) is 5.82 Å². The minimum Gasteiger partial charge on any atom is -0.444 e. The standard InChI is InChI=1S/C18H21FN4O3/c1-18(2,3)26-17(25)23-9-8-12-14(10-23)21-22-15(12)20-16(24)11-6-4-5-7-13(11)19/h4-7H,8-10H2,1-3H3,(H2,20,21,22,24). The van der Waals surface area contributed by atoms with Gasteiger partial charge in [-0.25, -0.2) is 9.18 Å². The number of benzene rings is 1. The first-order valence-electron chi connectivity index (χ1n) is 8.34. The van der Waals surface area contributed by atoms with Crippen molar-refractivity contribution < 1.29 is 18.7 Å². The Bertz CT molecular complexity index is 841. The molecule has 1 aliphatic rings. The Morgan fingerprint density at radius 1 is 1.31 bits per heavy atom. The molecule has 1 aliphatic heterocycles. The number of nitrogens with zero attached hydrogens (tertiary/aromatic N) is 2. The smallest absolute Gasteiger partial charge is 0.410 e. The fraction of sp³-hybridized carbons (Fsp3) is 0.389. The van der Waals surface area contributed by atoms with Crippen molar-refractivity contribution in [2.75, 3.05) is 11.9 Å². The molecule has 0 saturated heterocycles. The highest BCUT2D eigenvalue weighted by molar-refractivity contribution is 6.04. The number of fused-ring (bicyclic) bond motifs is 1. The van der Waals surface area contributed by atoms with E-state index in [0.29, 0.717) is 25.3 Å². The highest BCUT2D eigenvalue weighted by atomic mass is 19.1. The van der Waals surface area contributed by atoms with Gasteiger partial charge >= 0.3 is 6.09 Å². The van der Waals surface area contributed by atoms with Crippen LogP contribution in [0.5, 0.6) is 0 Å². The number of amides is 2. The minimum absolute atomic E-state index is 0.0459. The molecule has 1 aromatic carbocycles. The molecule has 0 radical (unpaired) electrons. The first kappa shape index (κ1) is 17.9. The zero-order valence-corrected chi connectivity index (χ0v) is 14.9. The fourth-order valence-electron chi connectivity index (χ4n) is 2.72. The number of nitrogens with one attached hydrogen (secondary N) is 2. The number of carbonyl (C=O) groups excluding carboxylic acids is 2. The number of carbonyl (C=O) groups is 2. The third-order valence-corrected chi connectivity index (χ3v) is 3.94. The van der Waals surface area contributed by atoms with Gasteiger partial charge < -0.3 is 15.0 Å². The molecule has 2 N–H and O–H groups in total. The van der Waals surface area contributed by atoms with Crippen molar-refractivity contribution in [2.24, 2.45) is 0 Å². The van der Waals surface area contributed by atoms with E-state index >= 15 is 0 Å². The second-order valence-corrected chi connectivity index (χ2v) is 7.12. The molecule has 7 nitrogen and oxygen atoms in total. The van der Waals surface area contributed by atoms with E-state index in [1.165, 1.54) is 18.2 Å². The van der Waals surface area contributed by atoms with E-state index in [0.717, 1.165) is 11.3 Å². The highest BCUT2D eigenvalue weighted by Crippen LogP contribution is 2.25. The Labute approximate surface area is 150 Å². The number of hydrogen-bond acceptors (Lipinski definition) is 4. The van der Waals surface area contributed by atoms with Crippen LogP contribution in [0.25, 0.3) is 0 Å². The first-order chi connectivity index (χ1) is 12.2. The quantitative estimate of drug-likeness (QED) is 0.861. The number of aromatic amines is 1. The average Bonchev–Trinajstić information content (AvgIpc) is 2.96. The number of hydrogen-bond donors (Lipinski definition) is 2. The van der Waals surface area contributed by atoms with E-state index in [1.54, 1.807) is 11.0 Å². The van der Waals surface area contributed by atoms with Crippen molar-refractivity contribution in [3.63, 3.8) is 0 Å². The molecule has 138 valence electrons. The Morgan fingerprint density at radius 3 is 2.73 bits per heavy atom. The largest absolute Gasteiger partial charge is 0.444 e. The van der Waals surface area contributed by atoms with E-state index in [2.05, 4.69) is 15.5 Å². The van der Waals surface area contributed by atoms with E-state index in [-0.39, 0.29) is 5.56 Å². The lowest BCUT2D eigenvalue weighted by molar-refractivity contribution is 0.0221. The van der Waals surface area contributed by atoms with Gasteiger partial charge in [0.25, 0.3) is 5.91 Å². The zero-order chi connectivity index (χ0) is 18.9. The van der Waals surface area contributed by atoms with Crippen molar-refractivity contribution in [1.82, 2.24) is 15.1 Å². The van der Waals surface area contributed by atoms with Crippen LogP contribution in [0.15, 0.2) is 24.3 Å². The van der Waals surface area contributed by atoms with Gasteiger partial charge in [0.2, 0.25) is 0 Å². The van der Waals surface area contributed by atoms with Gasteiger partial charge in [-0.15, -0.1) is 0 Å². The first-order valence-corrected chi connectivity index (χ1v) is 8.34. The summed E-state index contributed by atoms with van der Waals surface area (Å²) in [5.41, 5.74) is 0.931. The maximum Gasteiger partial charge on any atom is 0.410 e. The lowest BCUT2D eigenvalue weighted by Crippen LogP contribution is -2.39. The molecule has 8 heteroatoms. The topological polar surface area (TPSA) is 87.3 Å². The van der Waals surface area contributed by atoms with E-state index in [1.807, 2.05) is 20.8 Å². The zero-order valence-electron chi connectivity index (χ0n) is 14.9. The normalized spacial score (nSPS) is 13.9. The van der Waals surface area contributed by atoms with Crippen molar-refractivity contribution in [3.05, 3.63) is 46.9 Å². The molecular formula is C18H21FN4O3. The van der Waals surface area contributed by atoms with Crippen LogP contribution < -0.4 is 5.32 Å². The molecular weight excluding hydrogens is 339 g/mol. The van der Waals surface area contributed by atoms with E-state index in [9.17, 15) is 14.0 Å². The molecule has 3 rings (SSSR count).